The normalized spacial score (nSPS) is 16.8. The van der Waals surface area contributed by atoms with Gasteiger partial charge in [-0.05, 0) is 12.1 Å². The predicted octanol–water partition coefficient (Wildman–Crippen LogP) is 1.45. The first-order chi connectivity index (χ1) is 7.84. The van der Waals surface area contributed by atoms with Crippen molar-refractivity contribution >= 4 is 6.16 Å². The summed E-state index contributed by atoms with van der Waals surface area (Å²) in [7, 11) is 0. The molecule has 16 heavy (non-hydrogen) atoms. The quantitative estimate of drug-likeness (QED) is 0.561. The number of morpholine rings is 1. The molecule has 0 amide bonds. The SMILES string of the molecule is O=C(Oc1ccccc1)ON1CCOCC1. The maximum atomic E-state index is 11.4. The summed E-state index contributed by atoms with van der Waals surface area (Å²) >= 11 is 0. The van der Waals surface area contributed by atoms with Crippen molar-refractivity contribution in [2.24, 2.45) is 0 Å². The molecule has 0 atom stereocenters. The first-order valence-corrected chi connectivity index (χ1v) is 5.12. The number of nitrogens with zero attached hydrogens (tertiary/aromatic N) is 1. The fourth-order valence-corrected chi connectivity index (χ4v) is 1.35. The van der Waals surface area contributed by atoms with E-state index in [2.05, 4.69) is 0 Å². The topological polar surface area (TPSA) is 48.0 Å². The maximum Gasteiger partial charge on any atom is 0.533 e. The standard InChI is InChI=1S/C11H13NO4/c13-11(15-10-4-2-1-3-5-10)16-12-6-8-14-9-7-12/h1-5H,6-9H2. The second-order valence-corrected chi connectivity index (χ2v) is 3.30. The minimum absolute atomic E-state index is 0.473. The Kier molecular flexibility index (Phi) is 3.74. The molecule has 0 N–H and O–H groups in total. The van der Waals surface area contributed by atoms with Crippen molar-refractivity contribution in [3.8, 4) is 5.75 Å². The molecule has 1 aliphatic heterocycles. The van der Waals surface area contributed by atoms with Crippen LogP contribution >= 0.6 is 0 Å². The molecule has 0 aromatic heterocycles. The third-order valence-electron chi connectivity index (χ3n) is 2.12. The molecule has 86 valence electrons. The molecule has 5 nitrogen and oxygen atoms in total. The van der Waals surface area contributed by atoms with E-state index in [0.29, 0.717) is 32.1 Å². The van der Waals surface area contributed by atoms with Crippen molar-refractivity contribution < 1.29 is 19.1 Å². The zero-order valence-corrected chi connectivity index (χ0v) is 8.80. The first kappa shape index (κ1) is 10.9. The van der Waals surface area contributed by atoms with Crippen LogP contribution in [-0.2, 0) is 9.57 Å². The zero-order chi connectivity index (χ0) is 11.2. The number of carbonyl (C=O) groups excluding carboxylic acids is 1. The Morgan fingerprint density at radius 2 is 1.88 bits per heavy atom. The van der Waals surface area contributed by atoms with Gasteiger partial charge in [-0.2, -0.15) is 0 Å². The van der Waals surface area contributed by atoms with Crippen LogP contribution in [-0.4, -0.2) is 37.5 Å². The van der Waals surface area contributed by atoms with Crippen molar-refractivity contribution in [2.75, 3.05) is 26.3 Å². The highest BCUT2D eigenvalue weighted by Crippen LogP contribution is 2.10. The molecule has 1 aliphatic rings. The molecule has 0 unspecified atom stereocenters. The van der Waals surface area contributed by atoms with E-state index in [-0.39, 0.29) is 0 Å². The smallest absolute Gasteiger partial charge is 0.394 e. The molecule has 1 heterocycles. The van der Waals surface area contributed by atoms with E-state index in [0.717, 1.165) is 0 Å². The number of carbonyl (C=O) groups is 1. The van der Waals surface area contributed by atoms with Crippen LogP contribution < -0.4 is 4.74 Å². The van der Waals surface area contributed by atoms with E-state index in [4.69, 9.17) is 14.3 Å². The summed E-state index contributed by atoms with van der Waals surface area (Å²) in [6, 6.07) is 8.82. The fraction of sp³-hybridized carbons (Fsp3) is 0.364. The average Bonchev–Trinajstić information content (AvgIpc) is 2.31. The van der Waals surface area contributed by atoms with Gasteiger partial charge in [0.25, 0.3) is 0 Å². The minimum atomic E-state index is -0.715. The van der Waals surface area contributed by atoms with Crippen molar-refractivity contribution in [2.45, 2.75) is 0 Å². The number of hydrogen-bond donors (Lipinski definition) is 0. The van der Waals surface area contributed by atoms with Gasteiger partial charge in [0, 0.05) is 0 Å². The van der Waals surface area contributed by atoms with E-state index in [1.807, 2.05) is 6.07 Å². The second-order valence-electron chi connectivity index (χ2n) is 3.30. The van der Waals surface area contributed by atoms with E-state index < -0.39 is 6.16 Å². The lowest BCUT2D eigenvalue weighted by Gasteiger charge is -2.24. The van der Waals surface area contributed by atoms with Gasteiger partial charge in [0.1, 0.15) is 5.75 Å². The Morgan fingerprint density at radius 3 is 2.56 bits per heavy atom. The van der Waals surface area contributed by atoms with Crippen molar-refractivity contribution in [1.29, 1.82) is 0 Å². The summed E-state index contributed by atoms with van der Waals surface area (Å²) in [5.74, 6) is 0.473. The zero-order valence-electron chi connectivity index (χ0n) is 8.80. The van der Waals surface area contributed by atoms with Crippen molar-refractivity contribution in [3.05, 3.63) is 30.3 Å². The molecule has 0 spiro atoms. The van der Waals surface area contributed by atoms with Crippen LogP contribution in [0.3, 0.4) is 0 Å². The molecule has 1 saturated heterocycles. The lowest BCUT2D eigenvalue weighted by molar-refractivity contribution is -0.156. The third kappa shape index (κ3) is 3.22. The van der Waals surface area contributed by atoms with E-state index in [1.165, 1.54) is 5.06 Å². The Bertz CT molecular complexity index is 335. The first-order valence-electron chi connectivity index (χ1n) is 5.12. The van der Waals surface area contributed by atoms with Crippen LogP contribution in [0.5, 0.6) is 5.75 Å². The third-order valence-corrected chi connectivity index (χ3v) is 2.12. The molecule has 2 rings (SSSR count). The fourth-order valence-electron chi connectivity index (χ4n) is 1.35. The Morgan fingerprint density at radius 1 is 1.19 bits per heavy atom. The lowest BCUT2D eigenvalue weighted by atomic mass is 10.3. The Balaban J connectivity index is 1.80. The molecule has 1 fully saturated rings. The van der Waals surface area contributed by atoms with Crippen LogP contribution in [0.4, 0.5) is 4.79 Å². The van der Waals surface area contributed by atoms with Crippen LogP contribution in [0.25, 0.3) is 0 Å². The summed E-state index contributed by atoms with van der Waals surface area (Å²) in [5.41, 5.74) is 0. The maximum absolute atomic E-state index is 11.4. The number of hydroxylamine groups is 2. The van der Waals surface area contributed by atoms with E-state index >= 15 is 0 Å². The van der Waals surface area contributed by atoms with Gasteiger partial charge in [-0.25, -0.2) is 4.79 Å². The van der Waals surface area contributed by atoms with Crippen LogP contribution in [0, 0.1) is 0 Å². The second kappa shape index (κ2) is 5.48. The molecule has 5 heteroatoms. The highest BCUT2D eigenvalue weighted by molar-refractivity contribution is 5.63. The molecule has 0 saturated carbocycles. The number of ether oxygens (including phenoxy) is 2. The highest BCUT2D eigenvalue weighted by atomic mass is 16.8. The molecular weight excluding hydrogens is 210 g/mol. The summed E-state index contributed by atoms with van der Waals surface area (Å²) in [5, 5.41) is 1.54. The monoisotopic (exact) mass is 223 g/mol. The summed E-state index contributed by atoms with van der Waals surface area (Å²) < 4.78 is 10.1. The summed E-state index contributed by atoms with van der Waals surface area (Å²) in [6.07, 6.45) is -0.715. The lowest BCUT2D eigenvalue weighted by Crippen LogP contribution is -2.38. The van der Waals surface area contributed by atoms with Gasteiger partial charge in [-0.3, -0.25) is 0 Å². The molecule has 0 aliphatic carbocycles. The molecule has 1 aromatic rings. The molecule has 1 aromatic carbocycles. The van der Waals surface area contributed by atoms with E-state index in [9.17, 15) is 4.79 Å². The Hall–Kier alpha value is -1.59. The molecular formula is C11H13NO4. The number of hydrogen-bond acceptors (Lipinski definition) is 5. The van der Waals surface area contributed by atoms with Crippen LogP contribution in [0.1, 0.15) is 0 Å². The Labute approximate surface area is 93.5 Å². The summed E-state index contributed by atoms with van der Waals surface area (Å²) in [4.78, 5) is 16.3. The van der Waals surface area contributed by atoms with Gasteiger partial charge in [-0.15, -0.1) is 5.06 Å². The van der Waals surface area contributed by atoms with Gasteiger partial charge in [0.05, 0.1) is 26.3 Å². The average molecular weight is 223 g/mol. The van der Waals surface area contributed by atoms with Crippen LogP contribution in [0.2, 0.25) is 0 Å². The molecule has 0 bridgehead atoms. The number of benzene rings is 1. The highest BCUT2D eigenvalue weighted by Gasteiger charge is 2.16. The van der Waals surface area contributed by atoms with Gasteiger partial charge >= 0.3 is 6.16 Å². The van der Waals surface area contributed by atoms with Gasteiger partial charge in [0.2, 0.25) is 0 Å². The van der Waals surface area contributed by atoms with Crippen molar-refractivity contribution in [3.63, 3.8) is 0 Å². The van der Waals surface area contributed by atoms with Gasteiger partial charge < -0.3 is 14.3 Å². The van der Waals surface area contributed by atoms with Gasteiger partial charge in [0.15, 0.2) is 0 Å². The van der Waals surface area contributed by atoms with Crippen molar-refractivity contribution in [1.82, 2.24) is 5.06 Å². The van der Waals surface area contributed by atoms with E-state index in [1.54, 1.807) is 24.3 Å². The number of para-hydroxylation sites is 1. The van der Waals surface area contributed by atoms with Gasteiger partial charge in [-0.1, -0.05) is 18.2 Å². The van der Waals surface area contributed by atoms with Crippen LogP contribution in [0.15, 0.2) is 30.3 Å². The molecule has 0 radical (unpaired) electrons. The minimum Gasteiger partial charge on any atom is -0.394 e. The summed E-state index contributed by atoms with van der Waals surface area (Å²) in [6.45, 7) is 2.28. The predicted molar refractivity (Wildman–Crippen MR) is 55.9 cm³/mol. The largest absolute Gasteiger partial charge is 0.533 e. The number of rotatable bonds is 2.